The van der Waals surface area contributed by atoms with Crippen LogP contribution in [0.1, 0.15) is 31.4 Å². The lowest BCUT2D eigenvalue weighted by Gasteiger charge is -2.38. The average molecular weight is 334 g/mol. The van der Waals surface area contributed by atoms with Crippen LogP contribution in [0.15, 0.2) is 18.6 Å². The molecule has 0 bridgehead atoms. The second-order valence-corrected chi connectivity index (χ2v) is 6.45. The topological polar surface area (TPSA) is 90.5 Å². The zero-order chi connectivity index (χ0) is 16.8. The molecule has 3 atom stereocenters. The lowest BCUT2D eigenvalue weighted by molar-refractivity contribution is -0.118. The normalized spacial score (nSPS) is 29.5. The van der Waals surface area contributed by atoms with E-state index in [1.165, 1.54) is 6.08 Å². The molecule has 1 saturated carbocycles. The molecule has 1 aromatic rings. The van der Waals surface area contributed by atoms with Crippen molar-refractivity contribution in [2.75, 3.05) is 26.3 Å². The number of nitrogens with one attached hydrogen (secondary N) is 2. The highest BCUT2D eigenvalue weighted by Gasteiger charge is 2.34. The highest BCUT2D eigenvalue weighted by atomic mass is 16.5. The molecule has 1 aliphatic carbocycles. The first-order valence-electron chi connectivity index (χ1n) is 8.71. The smallest absolute Gasteiger partial charge is 0.244 e. The molecule has 0 unspecified atom stereocenters. The van der Waals surface area contributed by atoms with E-state index in [0.29, 0.717) is 13.2 Å². The van der Waals surface area contributed by atoms with Gasteiger partial charge < -0.3 is 20.1 Å². The van der Waals surface area contributed by atoms with Crippen LogP contribution in [0.5, 0.6) is 0 Å². The monoisotopic (exact) mass is 334 g/mol. The number of aliphatic hydroxyl groups excluding tert-OH is 1. The highest BCUT2D eigenvalue weighted by Crippen LogP contribution is 2.24. The zero-order valence-corrected chi connectivity index (χ0v) is 13.9. The van der Waals surface area contributed by atoms with E-state index in [-0.39, 0.29) is 18.0 Å². The third-order valence-electron chi connectivity index (χ3n) is 4.85. The van der Waals surface area contributed by atoms with Crippen molar-refractivity contribution in [1.82, 2.24) is 20.2 Å². The predicted octanol–water partition coefficient (Wildman–Crippen LogP) is 0.543. The summed E-state index contributed by atoms with van der Waals surface area (Å²) in [4.78, 5) is 21.3. The van der Waals surface area contributed by atoms with Crippen molar-refractivity contribution in [3.05, 3.63) is 24.3 Å². The molecule has 0 spiro atoms. The minimum absolute atomic E-state index is 0.0956. The molecule has 132 valence electrons. The summed E-state index contributed by atoms with van der Waals surface area (Å²) < 4.78 is 5.41. The number of amides is 1. The van der Waals surface area contributed by atoms with Crippen LogP contribution in [0.2, 0.25) is 0 Å². The van der Waals surface area contributed by atoms with Gasteiger partial charge in [0.1, 0.15) is 0 Å². The van der Waals surface area contributed by atoms with Gasteiger partial charge in [0.05, 0.1) is 43.6 Å². The van der Waals surface area contributed by atoms with Crippen molar-refractivity contribution in [2.45, 2.75) is 43.9 Å². The first kappa shape index (κ1) is 17.1. The largest absolute Gasteiger partial charge is 0.389 e. The van der Waals surface area contributed by atoms with Crippen LogP contribution in [0.4, 0.5) is 0 Å². The molecule has 7 nitrogen and oxygen atoms in total. The predicted molar refractivity (Wildman–Crippen MR) is 90.2 cm³/mol. The van der Waals surface area contributed by atoms with Crippen molar-refractivity contribution in [3.8, 4) is 0 Å². The lowest BCUT2D eigenvalue weighted by atomic mass is 9.99. The molecule has 1 saturated heterocycles. The van der Waals surface area contributed by atoms with Gasteiger partial charge in [-0.2, -0.15) is 0 Å². The molecule has 2 fully saturated rings. The van der Waals surface area contributed by atoms with Crippen LogP contribution in [0, 0.1) is 0 Å². The molecule has 0 aromatic carbocycles. The molecule has 3 N–H and O–H groups in total. The molecule has 1 amide bonds. The van der Waals surface area contributed by atoms with Crippen molar-refractivity contribution >= 4 is 12.0 Å². The highest BCUT2D eigenvalue weighted by molar-refractivity contribution is 5.91. The molecule has 7 heteroatoms. The Morgan fingerprint density at radius 3 is 2.92 bits per heavy atom. The number of hydrogen-bond acceptors (Lipinski definition) is 5. The molecule has 0 radical (unpaired) electrons. The molecule has 2 heterocycles. The van der Waals surface area contributed by atoms with Gasteiger partial charge in [0.25, 0.3) is 0 Å². The van der Waals surface area contributed by atoms with Crippen LogP contribution >= 0.6 is 0 Å². The number of aromatic amines is 1. The fourth-order valence-electron chi connectivity index (χ4n) is 3.55. The third-order valence-corrected chi connectivity index (χ3v) is 4.85. The number of rotatable bonds is 4. The van der Waals surface area contributed by atoms with Crippen LogP contribution in [0.25, 0.3) is 6.08 Å². The van der Waals surface area contributed by atoms with Crippen molar-refractivity contribution in [3.63, 3.8) is 0 Å². The van der Waals surface area contributed by atoms with Gasteiger partial charge in [-0.25, -0.2) is 4.98 Å². The minimum atomic E-state index is -0.546. The Hall–Kier alpha value is -1.70. The van der Waals surface area contributed by atoms with Gasteiger partial charge in [-0.3, -0.25) is 9.69 Å². The van der Waals surface area contributed by atoms with Gasteiger partial charge >= 0.3 is 0 Å². The van der Waals surface area contributed by atoms with Crippen LogP contribution < -0.4 is 5.32 Å². The Balaban J connectivity index is 1.59. The van der Waals surface area contributed by atoms with Crippen molar-refractivity contribution in [1.29, 1.82) is 0 Å². The molecule has 2 aliphatic rings. The minimum Gasteiger partial charge on any atom is -0.389 e. The number of morpholine rings is 1. The van der Waals surface area contributed by atoms with Gasteiger partial charge in [0.2, 0.25) is 5.91 Å². The fourth-order valence-corrected chi connectivity index (χ4v) is 3.55. The SMILES string of the molecule is O=C(C=Cc1cnc[nH]1)N[C@@H]1CCCC[C@@H](N2CCOCC2)[C@@H]1O. The summed E-state index contributed by atoms with van der Waals surface area (Å²) in [6.07, 6.45) is 9.72. The van der Waals surface area contributed by atoms with Gasteiger partial charge in [0, 0.05) is 25.2 Å². The van der Waals surface area contributed by atoms with Gasteiger partial charge in [-0.1, -0.05) is 12.8 Å². The molecular formula is C17H26N4O3. The number of nitrogens with zero attached hydrogens (tertiary/aromatic N) is 2. The average Bonchev–Trinajstić information content (AvgIpc) is 3.06. The summed E-state index contributed by atoms with van der Waals surface area (Å²) in [5.74, 6) is -0.184. The van der Waals surface area contributed by atoms with E-state index in [4.69, 9.17) is 4.74 Å². The number of imidazole rings is 1. The first-order chi connectivity index (χ1) is 11.7. The Morgan fingerprint density at radius 2 is 2.17 bits per heavy atom. The number of carbonyl (C=O) groups excluding carboxylic acids is 1. The number of ether oxygens (including phenoxy) is 1. The fraction of sp³-hybridized carbons (Fsp3) is 0.647. The second-order valence-electron chi connectivity index (χ2n) is 6.45. The van der Waals surface area contributed by atoms with Crippen molar-refractivity contribution in [2.24, 2.45) is 0 Å². The first-order valence-corrected chi connectivity index (χ1v) is 8.71. The van der Waals surface area contributed by atoms with E-state index >= 15 is 0 Å². The van der Waals surface area contributed by atoms with Crippen LogP contribution in [0.3, 0.4) is 0 Å². The molecule has 24 heavy (non-hydrogen) atoms. The molecule has 1 aliphatic heterocycles. The summed E-state index contributed by atoms with van der Waals surface area (Å²) in [6.45, 7) is 3.13. The van der Waals surface area contributed by atoms with E-state index in [2.05, 4.69) is 20.2 Å². The van der Waals surface area contributed by atoms with Gasteiger partial charge in [-0.15, -0.1) is 0 Å². The number of H-pyrrole nitrogens is 1. The Labute approximate surface area is 142 Å². The number of hydrogen-bond donors (Lipinski definition) is 3. The number of carbonyl (C=O) groups is 1. The third kappa shape index (κ3) is 4.43. The van der Waals surface area contributed by atoms with Crippen LogP contribution in [-0.2, 0) is 9.53 Å². The van der Waals surface area contributed by atoms with E-state index in [9.17, 15) is 9.90 Å². The Bertz CT molecular complexity index is 540. The van der Waals surface area contributed by atoms with E-state index in [1.54, 1.807) is 18.6 Å². The lowest BCUT2D eigenvalue weighted by Crippen LogP contribution is -2.55. The summed E-state index contributed by atoms with van der Waals surface area (Å²) in [6, 6.07) is -0.113. The summed E-state index contributed by atoms with van der Waals surface area (Å²) in [5.41, 5.74) is 0.776. The molecule has 1 aromatic heterocycles. The maximum atomic E-state index is 12.2. The van der Waals surface area contributed by atoms with Crippen molar-refractivity contribution < 1.29 is 14.6 Å². The number of aliphatic hydroxyl groups is 1. The summed E-state index contributed by atoms with van der Waals surface area (Å²) >= 11 is 0. The number of aromatic nitrogens is 2. The maximum Gasteiger partial charge on any atom is 0.244 e. The van der Waals surface area contributed by atoms with Gasteiger partial charge in [-0.05, 0) is 18.9 Å². The Morgan fingerprint density at radius 1 is 1.38 bits per heavy atom. The Kier molecular flexibility index (Phi) is 6.01. The second kappa shape index (κ2) is 8.41. The molecular weight excluding hydrogens is 308 g/mol. The maximum absolute atomic E-state index is 12.2. The van der Waals surface area contributed by atoms with Crippen LogP contribution in [-0.4, -0.2) is 70.4 Å². The van der Waals surface area contributed by atoms with Gasteiger partial charge in [0.15, 0.2) is 0 Å². The van der Waals surface area contributed by atoms with E-state index in [1.807, 2.05) is 0 Å². The molecule has 3 rings (SSSR count). The van der Waals surface area contributed by atoms with E-state index in [0.717, 1.165) is 44.5 Å². The zero-order valence-electron chi connectivity index (χ0n) is 13.9. The summed E-state index contributed by atoms with van der Waals surface area (Å²) in [5, 5.41) is 13.8. The summed E-state index contributed by atoms with van der Waals surface area (Å²) in [7, 11) is 0. The van der Waals surface area contributed by atoms with E-state index < -0.39 is 6.10 Å². The standard InChI is InChI=1S/C17H26N4O3/c22-16(6-5-13-11-18-12-19-13)20-14-3-1-2-4-15(17(14)23)21-7-9-24-10-8-21/h5-6,11-12,14-15,17,23H,1-4,7-10H2,(H,18,19)(H,20,22)/t14-,15-,17-/m1/s1. The quantitative estimate of drug-likeness (QED) is 0.552.